The third-order valence-corrected chi connectivity index (χ3v) is 2.89. The lowest BCUT2D eigenvalue weighted by Gasteiger charge is -2.17. The van der Waals surface area contributed by atoms with Gasteiger partial charge in [0.05, 0.1) is 11.3 Å². The number of nitrogens with one attached hydrogen (secondary N) is 1. The van der Waals surface area contributed by atoms with Crippen LogP contribution in [-0.2, 0) is 0 Å². The van der Waals surface area contributed by atoms with Crippen LogP contribution < -0.4 is 5.32 Å². The van der Waals surface area contributed by atoms with Gasteiger partial charge in [0.25, 0.3) is 0 Å². The fourth-order valence-corrected chi connectivity index (χ4v) is 1.77. The first-order valence-electron chi connectivity index (χ1n) is 5.12. The van der Waals surface area contributed by atoms with E-state index in [1.165, 1.54) is 11.0 Å². The zero-order chi connectivity index (χ0) is 13.7. The summed E-state index contributed by atoms with van der Waals surface area (Å²) in [7, 11) is 1.59. The average Bonchev–Trinajstić information content (AvgIpc) is 2.31. The molecule has 0 heterocycles. The lowest BCUT2D eigenvalue weighted by Crippen LogP contribution is -2.32. The summed E-state index contributed by atoms with van der Waals surface area (Å²) >= 11 is 3.22. The molecule has 0 saturated heterocycles. The maximum Gasteiger partial charge on any atom is 0.337 e. The van der Waals surface area contributed by atoms with Crippen LogP contribution in [-0.4, -0.2) is 35.6 Å². The van der Waals surface area contributed by atoms with Crippen molar-refractivity contribution >= 4 is 33.6 Å². The Bertz CT molecular complexity index is 488. The summed E-state index contributed by atoms with van der Waals surface area (Å²) in [4.78, 5) is 24.2. The fourth-order valence-electron chi connectivity index (χ4n) is 1.31. The summed E-state index contributed by atoms with van der Waals surface area (Å²) in [5, 5.41) is 11.6. The summed E-state index contributed by atoms with van der Waals surface area (Å²) in [5.74, 6) is -1.10. The molecule has 0 bridgehead atoms. The Morgan fingerprint density at radius 2 is 2.22 bits per heavy atom. The highest BCUT2D eigenvalue weighted by Gasteiger charge is 2.16. The van der Waals surface area contributed by atoms with Crippen molar-refractivity contribution < 1.29 is 14.7 Å². The Kier molecular flexibility index (Phi) is 4.91. The van der Waals surface area contributed by atoms with Crippen LogP contribution in [0.5, 0.6) is 0 Å². The Balaban J connectivity index is 3.00. The third kappa shape index (κ3) is 3.33. The van der Waals surface area contributed by atoms with Crippen LogP contribution in [0, 0.1) is 0 Å². The van der Waals surface area contributed by atoms with E-state index in [-0.39, 0.29) is 11.3 Å². The second-order valence-corrected chi connectivity index (χ2v) is 4.42. The minimum Gasteiger partial charge on any atom is -0.478 e. The molecule has 1 aromatic rings. The molecule has 5 nitrogen and oxygen atoms in total. The summed E-state index contributed by atoms with van der Waals surface area (Å²) in [6.07, 6.45) is 1.58. The first kappa shape index (κ1) is 14.2. The normalized spacial score (nSPS) is 9.67. The highest BCUT2D eigenvalue weighted by molar-refractivity contribution is 9.10. The first-order valence-corrected chi connectivity index (χ1v) is 5.91. The number of aromatic carboxylic acids is 1. The van der Waals surface area contributed by atoms with Crippen LogP contribution in [0.25, 0.3) is 0 Å². The molecule has 0 spiro atoms. The third-order valence-electron chi connectivity index (χ3n) is 2.23. The lowest BCUT2D eigenvalue weighted by atomic mass is 10.2. The van der Waals surface area contributed by atoms with Gasteiger partial charge in [0.15, 0.2) is 0 Å². The van der Waals surface area contributed by atoms with E-state index < -0.39 is 12.0 Å². The molecule has 0 aliphatic heterocycles. The van der Waals surface area contributed by atoms with Crippen LogP contribution in [0.4, 0.5) is 10.5 Å². The van der Waals surface area contributed by atoms with E-state index >= 15 is 0 Å². The monoisotopic (exact) mass is 312 g/mol. The number of nitrogens with zero attached hydrogens (tertiary/aromatic N) is 1. The van der Waals surface area contributed by atoms with E-state index in [2.05, 4.69) is 27.8 Å². The van der Waals surface area contributed by atoms with Crippen molar-refractivity contribution in [3.05, 3.63) is 40.9 Å². The summed E-state index contributed by atoms with van der Waals surface area (Å²) < 4.78 is 0.516. The topological polar surface area (TPSA) is 69.6 Å². The SMILES string of the molecule is C=CCN(C)C(=O)Nc1c(Br)cccc1C(=O)O. The highest BCUT2D eigenvalue weighted by atomic mass is 79.9. The molecular formula is C12H13BrN2O3. The first-order chi connectivity index (χ1) is 8.47. The van der Waals surface area contributed by atoms with Crippen LogP contribution >= 0.6 is 15.9 Å². The van der Waals surface area contributed by atoms with Gasteiger partial charge in [0, 0.05) is 18.1 Å². The average molecular weight is 313 g/mol. The molecule has 6 heteroatoms. The molecule has 1 aromatic carbocycles. The van der Waals surface area contributed by atoms with Gasteiger partial charge in [-0.05, 0) is 28.1 Å². The Hall–Kier alpha value is -1.82. The summed E-state index contributed by atoms with van der Waals surface area (Å²) in [6.45, 7) is 3.90. The summed E-state index contributed by atoms with van der Waals surface area (Å²) in [5.41, 5.74) is 0.274. The van der Waals surface area contributed by atoms with Gasteiger partial charge in [0.1, 0.15) is 0 Å². The smallest absolute Gasteiger partial charge is 0.337 e. The summed E-state index contributed by atoms with van der Waals surface area (Å²) in [6, 6.07) is 4.28. The maximum absolute atomic E-state index is 11.8. The van der Waals surface area contributed by atoms with E-state index in [0.29, 0.717) is 11.0 Å². The number of urea groups is 1. The molecular weight excluding hydrogens is 300 g/mol. The van der Waals surface area contributed by atoms with Crippen molar-refractivity contribution in [1.82, 2.24) is 4.90 Å². The van der Waals surface area contributed by atoms with E-state index in [9.17, 15) is 9.59 Å². The molecule has 0 fully saturated rings. The molecule has 18 heavy (non-hydrogen) atoms. The molecule has 0 saturated carbocycles. The van der Waals surface area contributed by atoms with E-state index in [0.717, 1.165) is 0 Å². The Morgan fingerprint density at radius 3 is 2.78 bits per heavy atom. The quantitative estimate of drug-likeness (QED) is 0.840. The van der Waals surface area contributed by atoms with Crippen LogP contribution in [0.3, 0.4) is 0 Å². The van der Waals surface area contributed by atoms with Gasteiger partial charge in [0.2, 0.25) is 0 Å². The van der Waals surface area contributed by atoms with Crippen molar-refractivity contribution in [2.24, 2.45) is 0 Å². The predicted molar refractivity (Wildman–Crippen MR) is 72.9 cm³/mol. The number of likely N-dealkylation sites (N-methyl/N-ethyl adjacent to an activating group) is 1. The van der Waals surface area contributed by atoms with Gasteiger partial charge in [-0.25, -0.2) is 9.59 Å². The Labute approximate surface area is 113 Å². The number of carboxylic acids is 1. The van der Waals surface area contributed by atoms with Gasteiger partial charge in [-0.15, -0.1) is 6.58 Å². The lowest BCUT2D eigenvalue weighted by molar-refractivity contribution is 0.0698. The molecule has 0 radical (unpaired) electrons. The van der Waals surface area contributed by atoms with Crippen molar-refractivity contribution in [3.63, 3.8) is 0 Å². The Morgan fingerprint density at radius 1 is 1.56 bits per heavy atom. The van der Waals surface area contributed by atoms with Crippen molar-refractivity contribution in [3.8, 4) is 0 Å². The molecule has 2 amide bonds. The van der Waals surface area contributed by atoms with Crippen LogP contribution in [0.1, 0.15) is 10.4 Å². The molecule has 0 atom stereocenters. The second-order valence-electron chi connectivity index (χ2n) is 3.57. The number of rotatable bonds is 4. The molecule has 1 rings (SSSR count). The molecule has 96 valence electrons. The number of carbonyl (C=O) groups is 2. The van der Waals surface area contributed by atoms with E-state index in [4.69, 9.17) is 5.11 Å². The number of carbonyl (C=O) groups excluding carboxylic acids is 1. The number of halogens is 1. The van der Waals surface area contributed by atoms with Gasteiger partial charge in [-0.1, -0.05) is 12.1 Å². The fraction of sp³-hybridized carbons (Fsp3) is 0.167. The number of amides is 2. The number of benzene rings is 1. The maximum atomic E-state index is 11.8. The molecule has 0 aromatic heterocycles. The zero-order valence-corrected chi connectivity index (χ0v) is 11.4. The number of anilines is 1. The van der Waals surface area contributed by atoms with Crippen molar-refractivity contribution in [2.45, 2.75) is 0 Å². The van der Waals surface area contributed by atoms with Crippen LogP contribution in [0.15, 0.2) is 35.3 Å². The van der Waals surface area contributed by atoms with Crippen molar-refractivity contribution in [2.75, 3.05) is 18.9 Å². The predicted octanol–water partition coefficient (Wildman–Crippen LogP) is 2.80. The highest BCUT2D eigenvalue weighted by Crippen LogP contribution is 2.26. The van der Waals surface area contributed by atoms with Crippen LogP contribution in [0.2, 0.25) is 0 Å². The van der Waals surface area contributed by atoms with Gasteiger partial charge < -0.3 is 15.3 Å². The zero-order valence-electron chi connectivity index (χ0n) is 9.81. The number of para-hydroxylation sites is 1. The molecule has 0 unspecified atom stereocenters. The second kappa shape index (κ2) is 6.20. The minimum absolute atomic E-state index is 0.0322. The molecule has 0 aliphatic carbocycles. The van der Waals surface area contributed by atoms with E-state index in [1.54, 1.807) is 25.3 Å². The number of hydrogen-bond acceptors (Lipinski definition) is 2. The number of carboxylic acid groups (broad SMARTS) is 1. The number of hydrogen-bond donors (Lipinski definition) is 2. The van der Waals surface area contributed by atoms with Gasteiger partial charge in [-0.3, -0.25) is 0 Å². The van der Waals surface area contributed by atoms with E-state index in [1.807, 2.05) is 0 Å². The molecule has 0 aliphatic rings. The largest absolute Gasteiger partial charge is 0.478 e. The minimum atomic E-state index is -1.10. The standard InChI is InChI=1S/C12H13BrN2O3/c1-3-7-15(2)12(18)14-10-8(11(16)17)5-4-6-9(10)13/h3-6H,1,7H2,2H3,(H,14,18)(H,16,17). The van der Waals surface area contributed by atoms with Crippen molar-refractivity contribution in [1.29, 1.82) is 0 Å². The van der Waals surface area contributed by atoms with Gasteiger partial charge >= 0.3 is 12.0 Å². The van der Waals surface area contributed by atoms with Gasteiger partial charge in [-0.2, -0.15) is 0 Å². The molecule has 2 N–H and O–H groups in total.